The maximum Gasteiger partial charge on any atom is 0.198 e. The number of hydrogen-bond donors (Lipinski definition) is 1. The lowest BCUT2D eigenvalue weighted by atomic mass is 10.0. The zero-order valence-corrected chi connectivity index (χ0v) is 12.7. The number of pyridine rings is 1. The molecule has 1 N–H and O–H groups in total. The van der Waals surface area contributed by atoms with E-state index in [9.17, 15) is 9.90 Å². The van der Waals surface area contributed by atoms with Crippen LogP contribution in [0.25, 0.3) is 16.4 Å². The minimum Gasteiger partial charge on any atom is -0.507 e. The molecule has 23 heavy (non-hydrogen) atoms. The van der Waals surface area contributed by atoms with E-state index in [0.29, 0.717) is 11.1 Å². The minimum atomic E-state index is -0.180. The average molecular weight is 301 g/mol. The molecule has 4 aromatic rings. The van der Waals surface area contributed by atoms with Gasteiger partial charge in [0.05, 0.1) is 11.1 Å². The first kappa shape index (κ1) is 13.6. The number of benzene rings is 2. The zero-order chi connectivity index (χ0) is 16.0. The second-order valence-electron chi connectivity index (χ2n) is 5.66. The van der Waals surface area contributed by atoms with Gasteiger partial charge in [-0.3, -0.25) is 4.79 Å². The van der Waals surface area contributed by atoms with E-state index in [2.05, 4.69) is 13.0 Å². The monoisotopic (exact) mass is 301 g/mol. The van der Waals surface area contributed by atoms with Crippen molar-refractivity contribution in [2.45, 2.75) is 6.92 Å². The number of rotatable bonds is 2. The number of carbonyl (C=O) groups excluding carboxylic acids is 1. The normalized spacial score (nSPS) is 11.2. The number of aromatic hydroxyl groups is 1. The quantitative estimate of drug-likeness (QED) is 0.560. The zero-order valence-electron chi connectivity index (χ0n) is 12.7. The standard InChI is InChI=1S/C20H15NO2/c1-13-15-6-2-4-8-18(15)21-12-14(10-11-17(13)21)20(23)16-7-3-5-9-19(16)22/h2-12,22H,1H3. The molecule has 0 saturated carbocycles. The lowest BCUT2D eigenvalue weighted by Crippen LogP contribution is -2.03. The number of nitrogens with zero attached hydrogens (tertiary/aromatic N) is 1. The van der Waals surface area contributed by atoms with E-state index in [-0.39, 0.29) is 11.5 Å². The van der Waals surface area contributed by atoms with Crippen LogP contribution in [0, 0.1) is 6.92 Å². The molecule has 0 atom stereocenters. The molecule has 0 bridgehead atoms. The molecule has 2 heterocycles. The molecule has 3 nitrogen and oxygen atoms in total. The fourth-order valence-electron chi connectivity index (χ4n) is 3.10. The van der Waals surface area contributed by atoms with Crippen LogP contribution in [0.15, 0.2) is 66.9 Å². The Balaban J connectivity index is 1.94. The molecule has 2 aromatic heterocycles. The van der Waals surface area contributed by atoms with Crippen molar-refractivity contribution in [3.63, 3.8) is 0 Å². The molecule has 0 radical (unpaired) electrons. The lowest BCUT2D eigenvalue weighted by Gasteiger charge is -2.05. The van der Waals surface area contributed by atoms with E-state index in [4.69, 9.17) is 0 Å². The summed E-state index contributed by atoms with van der Waals surface area (Å²) in [7, 11) is 0. The van der Waals surface area contributed by atoms with Crippen molar-refractivity contribution in [1.82, 2.24) is 4.40 Å². The summed E-state index contributed by atoms with van der Waals surface area (Å²) in [4.78, 5) is 12.7. The van der Waals surface area contributed by atoms with Crippen LogP contribution >= 0.6 is 0 Å². The highest BCUT2D eigenvalue weighted by Gasteiger charge is 2.15. The van der Waals surface area contributed by atoms with Gasteiger partial charge < -0.3 is 9.51 Å². The van der Waals surface area contributed by atoms with Crippen molar-refractivity contribution in [3.05, 3.63) is 83.6 Å². The smallest absolute Gasteiger partial charge is 0.198 e. The highest BCUT2D eigenvalue weighted by atomic mass is 16.3. The van der Waals surface area contributed by atoms with Crippen molar-refractivity contribution in [2.75, 3.05) is 0 Å². The molecule has 0 amide bonds. The van der Waals surface area contributed by atoms with Crippen LogP contribution in [0.3, 0.4) is 0 Å². The summed E-state index contributed by atoms with van der Waals surface area (Å²) in [5, 5.41) is 11.1. The Kier molecular flexibility index (Phi) is 2.95. The number of carbonyl (C=O) groups is 1. The SMILES string of the molecule is Cc1c2ccccc2n2cc(C(=O)c3ccccc3O)ccc12. The largest absolute Gasteiger partial charge is 0.507 e. The fourth-order valence-corrected chi connectivity index (χ4v) is 3.10. The third-order valence-corrected chi connectivity index (χ3v) is 4.31. The van der Waals surface area contributed by atoms with E-state index in [0.717, 1.165) is 11.0 Å². The molecular weight excluding hydrogens is 286 g/mol. The van der Waals surface area contributed by atoms with E-state index in [1.54, 1.807) is 18.2 Å². The van der Waals surface area contributed by atoms with E-state index in [1.807, 2.05) is 40.9 Å². The Bertz CT molecular complexity index is 1060. The fraction of sp³-hybridized carbons (Fsp3) is 0.0500. The lowest BCUT2D eigenvalue weighted by molar-refractivity contribution is 0.103. The third kappa shape index (κ3) is 2.01. The Morgan fingerprint density at radius 2 is 1.65 bits per heavy atom. The Morgan fingerprint density at radius 3 is 2.48 bits per heavy atom. The number of phenolic OH excluding ortho intramolecular Hbond substituents is 1. The van der Waals surface area contributed by atoms with Crippen LogP contribution in [-0.4, -0.2) is 15.3 Å². The number of para-hydroxylation sites is 2. The summed E-state index contributed by atoms with van der Waals surface area (Å²) in [5.41, 5.74) is 4.23. The number of aryl methyl sites for hydroxylation is 1. The summed E-state index contributed by atoms with van der Waals surface area (Å²) < 4.78 is 2.04. The molecule has 0 saturated heterocycles. The van der Waals surface area contributed by atoms with Gasteiger partial charge in [-0.05, 0) is 42.8 Å². The number of hydrogen-bond acceptors (Lipinski definition) is 2. The van der Waals surface area contributed by atoms with Crippen LogP contribution < -0.4 is 0 Å². The molecule has 0 fully saturated rings. The van der Waals surface area contributed by atoms with Gasteiger partial charge in [0.25, 0.3) is 0 Å². The highest BCUT2D eigenvalue weighted by Crippen LogP contribution is 2.27. The van der Waals surface area contributed by atoms with Crippen molar-refractivity contribution < 1.29 is 9.90 Å². The third-order valence-electron chi connectivity index (χ3n) is 4.31. The predicted octanol–water partition coefficient (Wildman–Crippen LogP) is 4.34. The molecule has 112 valence electrons. The van der Waals surface area contributed by atoms with Crippen molar-refractivity contribution >= 4 is 22.2 Å². The summed E-state index contributed by atoms with van der Waals surface area (Å²) in [6.07, 6.45) is 1.85. The van der Waals surface area contributed by atoms with Gasteiger partial charge in [-0.15, -0.1) is 0 Å². The van der Waals surface area contributed by atoms with Gasteiger partial charge in [0.2, 0.25) is 0 Å². The summed E-state index contributed by atoms with van der Waals surface area (Å²) in [6, 6.07) is 18.5. The van der Waals surface area contributed by atoms with Gasteiger partial charge in [0.15, 0.2) is 5.78 Å². The molecule has 2 aromatic carbocycles. The molecule has 0 unspecified atom stereocenters. The summed E-state index contributed by atoms with van der Waals surface area (Å²) >= 11 is 0. The Labute approximate surface area is 133 Å². The number of ketones is 1. The second kappa shape index (κ2) is 4.99. The first-order chi connectivity index (χ1) is 11.2. The van der Waals surface area contributed by atoms with Gasteiger partial charge in [0, 0.05) is 22.7 Å². The molecule has 0 aliphatic carbocycles. The van der Waals surface area contributed by atoms with Gasteiger partial charge in [0.1, 0.15) is 5.75 Å². The van der Waals surface area contributed by atoms with Crippen molar-refractivity contribution in [1.29, 1.82) is 0 Å². The highest BCUT2D eigenvalue weighted by molar-refractivity contribution is 6.11. The Hall–Kier alpha value is -3.07. The molecule has 0 aliphatic heterocycles. The first-order valence-electron chi connectivity index (χ1n) is 7.49. The van der Waals surface area contributed by atoms with Crippen LogP contribution in [0.5, 0.6) is 5.75 Å². The summed E-state index contributed by atoms with van der Waals surface area (Å²) in [5.74, 6) is -0.174. The number of fused-ring (bicyclic) bond motifs is 3. The van der Waals surface area contributed by atoms with E-state index >= 15 is 0 Å². The average Bonchev–Trinajstić information content (AvgIpc) is 2.88. The molecule has 3 heteroatoms. The van der Waals surface area contributed by atoms with E-state index < -0.39 is 0 Å². The van der Waals surface area contributed by atoms with Crippen LogP contribution in [0.2, 0.25) is 0 Å². The van der Waals surface area contributed by atoms with Crippen molar-refractivity contribution in [3.8, 4) is 5.75 Å². The molecular formula is C20H15NO2. The summed E-state index contributed by atoms with van der Waals surface area (Å²) in [6.45, 7) is 2.09. The Morgan fingerprint density at radius 1 is 0.913 bits per heavy atom. The van der Waals surface area contributed by atoms with Gasteiger partial charge >= 0.3 is 0 Å². The first-order valence-corrected chi connectivity index (χ1v) is 7.49. The predicted molar refractivity (Wildman–Crippen MR) is 91.2 cm³/mol. The molecule has 0 aliphatic rings. The van der Waals surface area contributed by atoms with Crippen LogP contribution in [0.4, 0.5) is 0 Å². The van der Waals surface area contributed by atoms with Gasteiger partial charge in [-0.25, -0.2) is 0 Å². The topological polar surface area (TPSA) is 41.7 Å². The van der Waals surface area contributed by atoms with Crippen LogP contribution in [0.1, 0.15) is 21.5 Å². The van der Waals surface area contributed by atoms with Crippen LogP contribution in [-0.2, 0) is 0 Å². The number of phenols is 1. The van der Waals surface area contributed by atoms with Crippen molar-refractivity contribution in [2.24, 2.45) is 0 Å². The maximum atomic E-state index is 12.7. The van der Waals surface area contributed by atoms with Gasteiger partial charge in [-0.1, -0.05) is 30.3 Å². The molecule has 0 spiro atoms. The number of aromatic nitrogens is 1. The van der Waals surface area contributed by atoms with E-state index in [1.165, 1.54) is 17.0 Å². The maximum absolute atomic E-state index is 12.7. The molecule has 4 rings (SSSR count). The minimum absolute atomic E-state index is 0.00569. The second-order valence-corrected chi connectivity index (χ2v) is 5.66. The van der Waals surface area contributed by atoms with Gasteiger partial charge in [-0.2, -0.15) is 0 Å².